The molecule has 7 heteroatoms. The quantitative estimate of drug-likeness (QED) is 0.896. The van der Waals surface area contributed by atoms with Crippen LogP contribution in [0.3, 0.4) is 0 Å². The lowest BCUT2D eigenvalue weighted by Crippen LogP contribution is -2.15. The van der Waals surface area contributed by atoms with Gasteiger partial charge in [0, 0.05) is 46.4 Å². The molecule has 0 bridgehead atoms. The molecule has 2 rings (SSSR count). The maximum Gasteiger partial charge on any atom is 0.221 e. The number of nitrogen functional groups attached to an aromatic ring is 2. The van der Waals surface area contributed by atoms with Crippen molar-refractivity contribution < 1.29 is 0 Å². The van der Waals surface area contributed by atoms with E-state index >= 15 is 0 Å². The van der Waals surface area contributed by atoms with Crippen LogP contribution in [0.25, 0.3) is 0 Å². The molecule has 6 nitrogen and oxygen atoms in total. The number of rotatable bonds is 4. The van der Waals surface area contributed by atoms with E-state index in [0.717, 1.165) is 27.5 Å². The average Bonchev–Trinajstić information content (AvgIpc) is 2.42. The third-order valence-electron chi connectivity index (χ3n) is 3.37. The van der Waals surface area contributed by atoms with E-state index in [9.17, 15) is 0 Å². The number of anilines is 4. The van der Waals surface area contributed by atoms with Gasteiger partial charge in [-0.05, 0) is 17.7 Å². The van der Waals surface area contributed by atoms with E-state index in [-0.39, 0.29) is 5.95 Å². The first-order valence-corrected chi connectivity index (χ1v) is 7.21. The Labute approximate surface area is 135 Å². The predicted octanol–water partition coefficient (Wildman–Crippen LogP) is 2.02. The Hall–Kier alpha value is -2.21. The third-order valence-corrected chi connectivity index (χ3v) is 3.76. The second-order valence-corrected chi connectivity index (χ2v) is 5.93. The van der Waals surface area contributed by atoms with Crippen LogP contribution in [0.5, 0.6) is 0 Å². The van der Waals surface area contributed by atoms with Crippen LogP contribution in [-0.4, -0.2) is 38.2 Å². The molecule has 1 aromatic carbocycles. The van der Waals surface area contributed by atoms with E-state index < -0.39 is 0 Å². The fraction of sp³-hybridized carbons (Fsp3) is 0.333. The largest absolute Gasteiger partial charge is 0.383 e. The first kappa shape index (κ1) is 16.2. The minimum Gasteiger partial charge on any atom is -0.383 e. The standard InChI is InChI=1S/C15H21ClN6/c1-21(2)11-6-9(7-12(13(11)16)22(3)4)5-10-8-19-15(18)20-14(10)17/h6-8H,5H2,1-4H3,(H4,17,18,19,20). The summed E-state index contributed by atoms with van der Waals surface area (Å²) in [5.41, 5.74) is 15.3. The predicted molar refractivity (Wildman–Crippen MR) is 93.8 cm³/mol. The van der Waals surface area contributed by atoms with Crippen molar-refractivity contribution in [2.75, 3.05) is 49.5 Å². The molecule has 0 spiro atoms. The molecule has 0 aliphatic rings. The number of hydrogen-bond donors (Lipinski definition) is 2. The van der Waals surface area contributed by atoms with Crippen LogP contribution in [0, 0.1) is 0 Å². The van der Waals surface area contributed by atoms with Gasteiger partial charge < -0.3 is 21.3 Å². The molecule has 0 aliphatic carbocycles. The van der Waals surface area contributed by atoms with Gasteiger partial charge in [0.2, 0.25) is 5.95 Å². The lowest BCUT2D eigenvalue weighted by molar-refractivity contribution is 1.06. The number of hydrogen-bond acceptors (Lipinski definition) is 6. The van der Waals surface area contributed by atoms with E-state index in [1.807, 2.05) is 50.1 Å². The Morgan fingerprint density at radius 3 is 2.05 bits per heavy atom. The number of halogens is 1. The van der Waals surface area contributed by atoms with Gasteiger partial charge in [0.25, 0.3) is 0 Å². The number of aromatic nitrogens is 2. The number of nitrogens with two attached hydrogens (primary N) is 2. The summed E-state index contributed by atoms with van der Waals surface area (Å²) in [4.78, 5) is 12.0. The fourth-order valence-corrected chi connectivity index (χ4v) is 2.64. The Balaban J connectivity index is 2.46. The zero-order valence-corrected chi connectivity index (χ0v) is 14.0. The Morgan fingerprint density at radius 1 is 1.05 bits per heavy atom. The summed E-state index contributed by atoms with van der Waals surface area (Å²) < 4.78 is 0. The summed E-state index contributed by atoms with van der Waals surface area (Å²) in [6, 6.07) is 4.09. The Morgan fingerprint density at radius 2 is 1.59 bits per heavy atom. The van der Waals surface area contributed by atoms with E-state index in [0.29, 0.717) is 12.2 Å². The van der Waals surface area contributed by atoms with Gasteiger partial charge in [-0.1, -0.05) is 11.6 Å². The molecular formula is C15H21ClN6. The van der Waals surface area contributed by atoms with E-state index in [1.165, 1.54) is 0 Å². The second kappa shape index (κ2) is 6.27. The highest BCUT2D eigenvalue weighted by molar-refractivity contribution is 6.36. The van der Waals surface area contributed by atoms with Crippen molar-refractivity contribution in [2.24, 2.45) is 0 Å². The zero-order valence-electron chi connectivity index (χ0n) is 13.3. The van der Waals surface area contributed by atoms with Crippen molar-refractivity contribution in [2.45, 2.75) is 6.42 Å². The van der Waals surface area contributed by atoms with Crippen LogP contribution in [0.2, 0.25) is 5.02 Å². The maximum absolute atomic E-state index is 6.48. The Kier molecular flexibility index (Phi) is 4.61. The minimum absolute atomic E-state index is 0.181. The van der Waals surface area contributed by atoms with Crippen LogP contribution < -0.4 is 21.3 Å². The van der Waals surface area contributed by atoms with E-state index in [4.69, 9.17) is 23.1 Å². The molecule has 0 saturated heterocycles. The first-order chi connectivity index (χ1) is 10.3. The van der Waals surface area contributed by atoms with Gasteiger partial charge in [0.1, 0.15) is 5.82 Å². The minimum atomic E-state index is 0.181. The van der Waals surface area contributed by atoms with Crippen LogP contribution in [0.4, 0.5) is 23.1 Å². The van der Waals surface area contributed by atoms with Gasteiger partial charge >= 0.3 is 0 Å². The molecule has 0 radical (unpaired) electrons. The van der Waals surface area contributed by atoms with Gasteiger partial charge in [-0.15, -0.1) is 0 Å². The molecule has 0 amide bonds. The molecule has 0 aliphatic heterocycles. The number of benzene rings is 1. The van der Waals surface area contributed by atoms with E-state index in [1.54, 1.807) is 6.20 Å². The molecule has 0 saturated carbocycles. The summed E-state index contributed by atoms with van der Waals surface area (Å²) in [5.74, 6) is 0.584. The highest BCUT2D eigenvalue weighted by Gasteiger charge is 2.14. The van der Waals surface area contributed by atoms with Gasteiger partial charge in [-0.25, -0.2) is 4.98 Å². The van der Waals surface area contributed by atoms with Crippen LogP contribution >= 0.6 is 11.6 Å². The SMILES string of the molecule is CN(C)c1cc(Cc2cnc(N)nc2N)cc(N(C)C)c1Cl. The second-order valence-electron chi connectivity index (χ2n) is 5.55. The number of nitrogens with zero attached hydrogens (tertiary/aromatic N) is 4. The highest BCUT2D eigenvalue weighted by Crippen LogP contribution is 2.36. The smallest absolute Gasteiger partial charge is 0.221 e. The maximum atomic E-state index is 6.48. The average molecular weight is 321 g/mol. The molecule has 0 atom stereocenters. The van der Waals surface area contributed by atoms with Crippen molar-refractivity contribution in [3.8, 4) is 0 Å². The van der Waals surface area contributed by atoms with Crippen LogP contribution in [-0.2, 0) is 6.42 Å². The highest BCUT2D eigenvalue weighted by atomic mass is 35.5. The molecular weight excluding hydrogens is 300 g/mol. The first-order valence-electron chi connectivity index (χ1n) is 6.83. The molecule has 1 heterocycles. The fourth-order valence-electron chi connectivity index (χ4n) is 2.19. The van der Waals surface area contributed by atoms with Crippen LogP contribution in [0.1, 0.15) is 11.1 Å². The zero-order chi connectivity index (χ0) is 16.4. The van der Waals surface area contributed by atoms with Crippen LogP contribution in [0.15, 0.2) is 18.3 Å². The molecule has 22 heavy (non-hydrogen) atoms. The normalized spacial score (nSPS) is 10.6. The summed E-state index contributed by atoms with van der Waals surface area (Å²) in [6.45, 7) is 0. The van der Waals surface area contributed by atoms with Crippen molar-refractivity contribution in [1.82, 2.24) is 9.97 Å². The van der Waals surface area contributed by atoms with Gasteiger partial charge in [0.15, 0.2) is 0 Å². The molecule has 0 fully saturated rings. The van der Waals surface area contributed by atoms with Crippen molar-refractivity contribution in [1.29, 1.82) is 0 Å². The van der Waals surface area contributed by atoms with Gasteiger partial charge in [0.05, 0.1) is 16.4 Å². The summed E-state index contributed by atoms with van der Waals surface area (Å²) in [7, 11) is 7.85. The van der Waals surface area contributed by atoms with Gasteiger partial charge in [-0.2, -0.15) is 4.98 Å². The molecule has 4 N–H and O–H groups in total. The Bertz CT molecular complexity index is 655. The molecule has 118 valence electrons. The molecule has 0 unspecified atom stereocenters. The summed E-state index contributed by atoms with van der Waals surface area (Å²) in [6.07, 6.45) is 2.28. The van der Waals surface area contributed by atoms with Crippen molar-refractivity contribution >= 4 is 34.7 Å². The molecule has 2 aromatic rings. The van der Waals surface area contributed by atoms with Gasteiger partial charge in [-0.3, -0.25) is 0 Å². The summed E-state index contributed by atoms with van der Waals surface area (Å²) in [5, 5.41) is 0.722. The monoisotopic (exact) mass is 320 g/mol. The van der Waals surface area contributed by atoms with Crippen molar-refractivity contribution in [3.05, 3.63) is 34.5 Å². The van der Waals surface area contributed by atoms with Crippen molar-refractivity contribution in [3.63, 3.8) is 0 Å². The lowest BCUT2D eigenvalue weighted by atomic mass is 10.0. The topological polar surface area (TPSA) is 84.3 Å². The molecule has 1 aromatic heterocycles. The summed E-state index contributed by atoms with van der Waals surface area (Å²) >= 11 is 6.48. The lowest BCUT2D eigenvalue weighted by Gasteiger charge is -2.22. The van der Waals surface area contributed by atoms with E-state index in [2.05, 4.69) is 9.97 Å². The third kappa shape index (κ3) is 3.33.